The van der Waals surface area contributed by atoms with Crippen molar-refractivity contribution >= 4 is 34.1 Å². The minimum atomic E-state index is -4.67. The molecule has 0 aliphatic heterocycles. The first-order valence-corrected chi connectivity index (χ1v) is 2.10. The average molecular weight is 228 g/mol. The van der Waals surface area contributed by atoms with Gasteiger partial charge in [0, 0.05) is 0 Å². The van der Waals surface area contributed by atoms with Crippen molar-refractivity contribution in [2.24, 2.45) is 0 Å². The Morgan fingerprint density at radius 2 is 1.17 bits per heavy atom. The van der Waals surface area contributed by atoms with E-state index in [1.165, 1.54) is 0 Å². The van der Waals surface area contributed by atoms with Crippen molar-refractivity contribution in [3.05, 3.63) is 0 Å². The summed E-state index contributed by atoms with van der Waals surface area (Å²) in [6.45, 7) is 0. The maximum atomic E-state index is 8.74. The molecule has 0 radical (unpaired) electrons. The zero-order valence-corrected chi connectivity index (χ0v) is 6.29. The van der Waals surface area contributed by atoms with Crippen LogP contribution in [-0.2, 0) is 10.4 Å². The van der Waals surface area contributed by atoms with Crippen LogP contribution in [-0.4, -0.2) is 41.2 Å². The van der Waals surface area contributed by atoms with Gasteiger partial charge < -0.3 is 0 Å². The van der Waals surface area contributed by atoms with Crippen LogP contribution in [0, 0.1) is 0 Å². The fourth-order valence-electron chi connectivity index (χ4n) is 0. The van der Waals surface area contributed by atoms with Gasteiger partial charge in [-0.2, -0.15) is 8.42 Å². The van der Waals surface area contributed by atoms with Crippen molar-refractivity contribution in [3.63, 3.8) is 0 Å². The van der Waals surface area contributed by atoms with Crippen LogP contribution in [0.1, 0.15) is 0 Å². The number of rotatable bonds is 0. The molecular weight excluding hydrogens is 224 g/mol. The van der Waals surface area contributed by atoms with Gasteiger partial charge in [-0.05, 0) is 0 Å². The molecule has 0 unspecified atom stereocenters. The summed E-state index contributed by atoms with van der Waals surface area (Å²) in [5.41, 5.74) is 0. The van der Waals surface area contributed by atoms with Crippen LogP contribution in [0.4, 0.5) is 0 Å². The molecule has 6 heavy (non-hydrogen) atoms. The van der Waals surface area contributed by atoms with E-state index in [1.807, 2.05) is 0 Å². The molecule has 0 saturated heterocycles. The Kier molecular flexibility index (Phi) is 4.54. The molecule has 0 spiro atoms. The fraction of sp³-hybridized carbons (Fsp3) is 0. The standard InChI is InChI=1S/H2O4S.H2Te/c1-5(2,3)4;/h(H2,1,2,3,4);1H2. The second kappa shape index (κ2) is 2.77. The monoisotopic (exact) mass is 230 g/mol. The van der Waals surface area contributed by atoms with Crippen molar-refractivity contribution in [1.82, 2.24) is 0 Å². The molecule has 4 nitrogen and oxygen atoms in total. The van der Waals surface area contributed by atoms with Crippen LogP contribution in [0.2, 0.25) is 0 Å². The molecule has 0 aliphatic rings. The Morgan fingerprint density at radius 3 is 1.17 bits per heavy atom. The van der Waals surface area contributed by atoms with Crippen molar-refractivity contribution in [2.75, 3.05) is 0 Å². The van der Waals surface area contributed by atoms with Crippen LogP contribution in [0.3, 0.4) is 0 Å². The topological polar surface area (TPSA) is 74.6 Å². The Hall–Kier alpha value is 0.660. The zero-order valence-electron chi connectivity index (χ0n) is 2.62. The summed E-state index contributed by atoms with van der Waals surface area (Å²) in [7, 11) is -4.67. The molecule has 0 saturated carbocycles. The van der Waals surface area contributed by atoms with Gasteiger partial charge >= 0.3 is 34.1 Å². The predicted octanol–water partition coefficient (Wildman–Crippen LogP) is -1.57. The van der Waals surface area contributed by atoms with E-state index in [1.54, 1.807) is 0 Å². The van der Waals surface area contributed by atoms with E-state index in [0.717, 1.165) is 0 Å². The molecule has 0 amide bonds. The molecule has 2 N–H and O–H groups in total. The van der Waals surface area contributed by atoms with Gasteiger partial charge in [0.05, 0.1) is 0 Å². The molecule has 0 aromatic heterocycles. The molecule has 0 fully saturated rings. The molecular formula is H4O4STe. The summed E-state index contributed by atoms with van der Waals surface area (Å²) in [5.74, 6) is 0. The SMILES string of the molecule is O=S(=O)(O)O.[TeH2]. The molecule has 0 aromatic carbocycles. The van der Waals surface area contributed by atoms with Gasteiger partial charge in [0.1, 0.15) is 0 Å². The summed E-state index contributed by atoms with van der Waals surface area (Å²) >= 11 is 0. The third kappa shape index (κ3) is 143. The molecule has 0 bridgehead atoms. The Morgan fingerprint density at radius 1 is 1.17 bits per heavy atom. The van der Waals surface area contributed by atoms with Gasteiger partial charge in [-0.1, -0.05) is 0 Å². The van der Waals surface area contributed by atoms with Crippen LogP contribution in [0.25, 0.3) is 0 Å². The molecule has 0 rings (SSSR count). The van der Waals surface area contributed by atoms with Crippen LogP contribution < -0.4 is 0 Å². The summed E-state index contributed by atoms with van der Waals surface area (Å²) in [6.07, 6.45) is 0. The van der Waals surface area contributed by atoms with Gasteiger partial charge in [-0.3, -0.25) is 9.11 Å². The van der Waals surface area contributed by atoms with Crippen LogP contribution >= 0.6 is 0 Å². The Bertz CT molecular complexity index is 90.7. The molecule has 40 valence electrons. The van der Waals surface area contributed by atoms with E-state index in [-0.39, 0.29) is 23.7 Å². The van der Waals surface area contributed by atoms with Crippen molar-refractivity contribution < 1.29 is 17.5 Å². The van der Waals surface area contributed by atoms with Crippen LogP contribution in [0.15, 0.2) is 0 Å². The van der Waals surface area contributed by atoms with Crippen molar-refractivity contribution in [3.8, 4) is 0 Å². The molecule has 0 aliphatic carbocycles. The third-order valence-electron chi connectivity index (χ3n) is 0. The van der Waals surface area contributed by atoms with Crippen molar-refractivity contribution in [2.45, 2.75) is 0 Å². The van der Waals surface area contributed by atoms with Crippen molar-refractivity contribution in [1.29, 1.82) is 0 Å². The summed E-state index contributed by atoms with van der Waals surface area (Å²) < 4.78 is 31.6. The zero-order chi connectivity index (χ0) is 4.50. The fourth-order valence-corrected chi connectivity index (χ4v) is 0. The second-order valence-electron chi connectivity index (χ2n) is 0.448. The Balaban J connectivity index is 0. The maximum absolute atomic E-state index is 8.74. The number of hydrogen-bond acceptors (Lipinski definition) is 2. The van der Waals surface area contributed by atoms with Crippen LogP contribution in [0.5, 0.6) is 0 Å². The first-order valence-electron chi connectivity index (χ1n) is 0.698. The predicted molar refractivity (Wildman–Crippen MR) is 22.7 cm³/mol. The summed E-state index contributed by atoms with van der Waals surface area (Å²) in [4.78, 5) is 0. The molecule has 6 heteroatoms. The molecule has 0 aromatic rings. The van der Waals surface area contributed by atoms with Gasteiger partial charge in [0.15, 0.2) is 0 Å². The first-order chi connectivity index (χ1) is 2.00. The average Bonchev–Trinajstić information content (AvgIpc) is 0.722. The van der Waals surface area contributed by atoms with E-state index < -0.39 is 10.4 Å². The van der Waals surface area contributed by atoms with E-state index in [9.17, 15) is 0 Å². The van der Waals surface area contributed by atoms with Gasteiger partial charge in [0.25, 0.3) is 0 Å². The van der Waals surface area contributed by atoms with E-state index in [0.29, 0.717) is 0 Å². The Labute approximate surface area is 51.9 Å². The third-order valence-corrected chi connectivity index (χ3v) is 0. The van der Waals surface area contributed by atoms with E-state index in [2.05, 4.69) is 0 Å². The summed E-state index contributed by atoms with van der Waals surface area (Å²) in [5, 5.41) is 0. The molecule has 0 heterocycles. The van der Waals surface area contributed by atoms with E-state index >= 15 is 0 Å². The first kappa shape index (κ1) is 9.82. The van der Waals surface area contributed by atoms with E-state index in [4.69, 9.17) is 17.5 Å². The van der Waals surface area contributed by atoms with Gasteiger partial charge in [-0.15, -0.1) is 0 Å². The second-order valence-corrected chi connectivity index (χ2v) is 1.34. The summed E-state index contributed by atoms with van der Waals surface area (Å²) in [6, 6.07) is 0. The quantitative estimate of drug-likeness (QED) is 0.388. The normalized spacial score (nSPS) is 9.67. The van der Waals surface area contributed by atoms with Gasteiger partial charge in [0.2, 0.25) is 0 Å². The van der Waals surface area contributed by atoms with Gasteiger partial charge in [-0.25, -0.2) is 0 Å². The molecule has 0 atom stereocenters. The number of hydrogen-bond donors (Lipinski definition) is 2. The minimum absolute atomic E-state index is 0.